The van der Waals surface area contributed by atoms with Crippen LogP contribution in [-0.2, 0) is 17.5 Å². The van der Waals surface area contributed by atoms with Gasteiger partial charge in [-0.15, -0.1) is 5.10 Å². The number of amides is 1. The number of carbonyl (C=O) groups excluding carboxylic acids is 1. The molecule has 1 spiro atoms. The van der Waals surface area contributed by atoms with Gasteiger partial charge in [-0.25, -0.2) is 4.79 Å². The zero-order valence-electron chi connectivity index (χ0n) is 21.0. The summed E-state index contributed by atoms with van der Waals surface area (Å²) in [5, 5.41) is 4.30. The van der Waals surface area contributed by atoms with Gasteiger partial charge in [0.2, 0.25) is 0 Å². The molecule has 0 atom stereocenters. The van der Waals surface area contributed by atoms with E-state index in [0.717, 1.165) is 37.8 Å². The van der Waals surface area contributed by atoms with E-state index in [4.69, 9.17) is 4.74 Å². The van der Waals surface area contributed by atoms with Crippen molar-refractivity contribution in [3.63, 3.8) is 0 Å². The van der Waals surface area contributed by atoms with Crippen LogP contribution < -0.4 is 9.62 Å². The molecule has 0 unspecified atom stereocenters. The van der Waals surface area contributed by atoms with E-state index >= 15 is 0 Å². The number of aromatic nitrogens is 2. The second-order valence-electron chi connectivity index (χ2n) is 9.91. The average molecular weight is 539 g/mol. The van der Waals surface area contributed by atoms with Gasteiger partial charge in [-0.3, -0.25) is 4.90 Å². The Bertz CT molecular complexity index is 1100. The van der Waals surface area contributed by atoms with Gasteiger partial charge in [-0.1, -0.05) is 18.0 Å². The molecule has 2 aromatic rings. The smallest absolute Gasteiger partial charge is 0.378 e. The van der Waals surface area contributed by atoms with E-state index in [1.807, 2.05) is 16.1 Å². The molecule has 0 bridgehead atoms. The first-order chi connectivity index (χ1) is 17.8. The fourth-order valence-corrected chi connectivity index (χ4v) is 6.15. The quantitative estimate of drug-likeness (QED) is 0.562. The van der Waals surface area contributed by atoms with Crippen molar-refractivity contribution in [2.75, 3.05) is 61.8 Å². The predicted molar refractivity (Wildman–Crippen MR) is 138 cm³/mol. The number of benzene rings is 1. The summed E-state index contributed by atoms with van der Waals surface area (Å²) in [6, 6.07) is 5.79. The molecule has 1 aromatic carbocycles. The monoisotopic (exact) mass is 538 g/mol. The number of nitrogens with one attached hydrogen (secondary N) is 1. The average Bonchev–Trinajstić information content (AvgIpc) is 3.52. The summed E-state index contributed by atoms with van der Waals surface area (Å²) in [4.78, 5) is 19.3. The minimum atomic E-state index is -4.38. The Labute approximate surface area is 219 Å². The SMILES string of the molecule is CSNc1ccn(C(=O)N2CCC3(CCCN3Cc3ccc(C(F)(F)F)cc3N3CCOCC3)CC2)n1. The highest BCUT2D eigenvalue weighted by Gasteiger charge is 2.44. The summed E-state index contributed by atoms with van der Waals surface area (Å²) in [7, 11) is 0. The second kappa shape index (κ2) is 10.7. The Morgan fingerprint density at radius 2 is 1.86 bits per heavy atom. The normalized spacial score (nSPS) is 20.5. The molecule has 0 radical (unpaired) electrons. The van der Waals surface area contributed by atoms with Crippen LogP contribution in [0.4, 0.5) is 29.5 Å². The largest absolute Gasteiger partial charge is 0.416 e. The number of ether oxygens (including phenoxy) is 1. The van der Waals surface area contributed by atoms with Crippen molar-refractivity contribution in [3.8, 4) is 0 Å². The minimum Gasteiger partial charge on any atom is -0.378 e. The van der Waals surface area contributed by atoms with E-state index in [1.54, 1.807) is 18.3 Å². The lowest BCUT2D eigenvalue weighted by Crippen LogP contribution is -2.53. The summed E-state index contributed by atoms with van der Waals surface area (Å²) >= 11 is 1.42. The second-order valence-corrected chi connectivity index (χ2v) is 10.5. The maximum absolute atomic E-state index is 13.5. The highest BCUT2D eigenvalue weighted by atomic mass is 32.2. The number of likely N-dealkylation sites (tertiary alicyclic amines) is 2. The molecule has 3 saturated heterocycles. The molecule has 0 aliphatic carbocycles. The molecule has 1 aromatic heterocycles. The number of anilines is 2. The number of hydrogen-bond acceptors (Lipinski definition) is 7. The lowest BCUT2D eigenvalue weighted by Gasteiger charge is -2.45. The number of piperidine rings is 1. The van der Waals surface area contributed by atoms with E-state index in [0.29, 0.717) is 57.4 Å². The van der Waals surface area contributed by atoms with Gasteiger partial charge < -0.3 is 19.3 Å². The molecular weight excluding hydrogens is 505 g/mol. The van der Waals surface area contributed by atoms with Crippen molar-refractivity contribution in [1.29, 1.82) is 0 Å². The van der Waals surface area contributed by atoms with E-state index in [9.17, 15) is 18.0 Å². The van der Waals surface area contributed by atoms with E-state index < -0.39 is 11.7 Å². The van der Waals surface area contributed by atoms with E-state index in [2.05, 4.69) is 14.7 Å². The molecule has 3 aliphatic heterocycles. The maximum Gasteiger partial charge on any atom is 0.416 e. The molecule has 37 heavy (non-hydrogen) atoms. The minimum absolute atomic E-state index is 0.0442. The third kappa shape index (κ3) is 5.56. The van der Waals surface area contributed by atoms with Crippen molar-refractivity contribution in [2.45, 2.75) is 43.9 Å². The van der Waals surface area contributed by atoms with Crippen LogP contribution in [0.1, 0.15) is 36.8 Å². The summed E-state index contributed by atoms with van der Waals surface area (Å²) in [5.74, 6) is 0.643. The highest BCUT2D eigenvalue weighted by molar-refractivity contribution is 7.99. The first kappa shape index (κ1) is 26.2. The van der Waals surface area contributed by atoms with Crippen LogP contribution >= 0.6 is 11.9 Å². The van der Waals surface area contributed by atoms with Crippen LogP contribution in [0.2, 0.25) is 0 Å². The number of alkyl halides is 3. The van der Waals surface area contributed by atoms with Gasteiger partial charge in [-0.05, 0) is 49.9 Å². The molecule has 1 N–H and O–H groups in total. The molecule has 8 nitrogen and oxygen atoms in total. The van der Waals surface area contributed by atoms with E-state index in [1.165, 1.54) is 28.8 Å². The third-order valence-electron chi connectivity index (χ3n) is 7.82. The van der Waals surface area contributed by atoms with Gasteiger partial charge in [0.05, 0.1) is 18.8 Å². The molecule has 202 valence electrons. The van der Waals surface area contributed by atoms with Gasteiger partial charge in [0.25, 0.3) is 0 Å². The maximum atomic E-state index is 13.5. The number of rotatable bonds is 5. The molecule has 3 aliphatic rings. The van der Waals surface area contributed by atoms with Crippen molar-refractivity contribution in [2.24, 2.45) is 0 Å². The Kier molecular flexibility index (Phi) is 7.60. The molecule has 3 fully saturated rings. The van der Waals surface area contributed by atoms with Crippen molar-refractivity contribution in [1.82, 2.24) is 19.6 Å². The van der Waals surface area contributed by atoms with Gasteiger partial charge in [0.15, 0.2) is 5.82 Å². The summed E-state index contributed by atoms with van der Waals surface area (Å²) in [5.41, 5.74) is 0.911. The summed E-state index contributed by atoms with van der Waals surface area (Å²) in [6.07, 6.45) is 2.94. The fraction of sp³-hybridized carbons (Fsp3) is 0.600. The number of carbonyl (C=O) groups is 1. The van der Waals surface area contributed by atoms with Gasteiger partial charge in [-0.2, -0.15) is 17.9 Å². The third-order valence-corrected chi connectivity index (χ3v) is 8.24. The number of morpholine rings is 1. The van der Waals surface area contributed by atoms with Crippen molar-refractivity contribution >= 4 is 29.5 Å². The summed E-state index contributed by atoms with van der Waals surface area (Å²) < 4.78 is 50.4. The van der Waals surface area contributed by atoms with Crippen LogP contribution in [0.15, 0.2) is 30.5 Å². The van der Waals surface area contributed by atoms with Gasteiger partial charge in [0, 0.05) is 62.5 Å². The Hall–Kier alpha value is -2.44. The van der Waals surface area contributed by atoms with Crippen LogP contribution in [0.3, 0.4) is 0 Å². The molecule has 5 rings (SSSR count). The first-order valence-electron chi connectivity index (χ1n) is 12.7. The zero-order chi connectivity index (χ0) is 26.0. The number of nitrogens with zero attached hydrogens (tertiary/aromatic N) is 5. The first-order valence-corrected chi connectivity index (χ1v) is 13.9. The highest BCUT2D eigenvalue weighted by Crippen LogP contribution is 2.41. The zero-order valence-corrected chi connectivity index (χ0v) is 21.8. The predicted octanol–water partition coefficient (Wildman–Crippen LogP) is 4.53. The molecular formula is C25H33F3N6O2S. The van der Waals surface area contributed by atoms with Crippen LogP contribution in [-0.4, -0.2) is 83.3 Å². The topological polar surface area (TPSA) is 65.9 Å². The fourth-order valence-electron chi connectivity index (χ4n) is 5.83. The lowest BCUT2D eigenvalue weighted by atomic mass is 9.84. The van der Waals surface area contributed by atoms with E-state index in [-0.39, 0.29) is 11.6 Å². The van der Waals surface area contributed by atoms with Crippen LogP contribution in [0, 0.1) is 0 Å². The molecule has 0 saturated carbocycles. The van der Waals surface area contributed by atoms with Crippen molar-refractivity contribution in [3.05, 3.63) is 41.6 Å². The molecule has 1 amide bonds. The Balaban J connectivity index is 1.30. The lowest BCUT2D eigenvalue weighted by molar-refractivity contribution is -0.137. The standard InChI is InChI=1S/C25H33F3N6O2S/c1-37-30-22-5-10-34(29-22)23(35)32-11-7-24(8-12-32)6-2-9-33(24)18-19-3-4-20(25(26,27)28)17-21(19)31-13-15-36-16-14-31/h3-5,10,17H,2,6-9,11-16,18H2,1H3,(H,29,30). The number of halogens is 3. The molecule has 12 heteroatoms. The van der Waals surface area contributed by atoms with Gasteiger partial charge >= 0.3 is 12.2 Å². The molecule has 4 heterocycles. The number of hydrogen-bond donors (Lipinski definition) is 1. The van der Waals surface area contributed by atoms with Crippen molar-refractivity contribution < 1.29 is 22.7 Å². The van der Waals surface area contributed by atoms with Crippen LogP contribution in [0.5, 0.6) is 0 Å². The van der Waals surface area contributed by atoms with Crippen LogP contribution in [0.25, 0.3) is 0 Å². The Morgan fingerprint density at radius 3 is 2.57 bits per heavy atom. The summed E-state index contributed by atoms with van der Waals surface area (Å²) in [6.45, 7) is 4.95. The van der Waals surface area contributed by atoms with Gasteiger partial charge in [0.1, 0.15) is 0 Å². The Morgan fingerprint density at radius 1 is 1.11 bits per heavy atom.